The zero-order valence-corrected chi connectivity index (χ0v) is 14.0. The number of rotatable bonds is 6. The molecule has 0 bridgehead atoms. The summed E-state index contributed by atoms with van der Waals surface area (Å²) in [5, 5.41) is 0.830. The number of benzene rings is 1. The van der Waals surface area contributed by atoms with Crippen molar-refractivity contribution in [3.63, 3.8) is 0 Å². The largest absolute Gasteiger partial charge is 0.493 e. The van der Waals surface area contributed by atoms with Gasteiger partial charge in [-0.1, -0.05) is 18.2 Å². The molecule has 1 fully saturated rings. The molecule has 2 heterocycles. The fourth-order valence-corrected chi connectivity index (χ4v) is 3.08. The van der Waals surface area contributed by atoms with Crippen molar-refractivity contribution in [2.45, 2.75) is 19.8 Å². The van der Waals surface area contributed by atoms with Gasteiger partial charge in [0, 0.05) is 6.20 Å². The van der Waals surface area contributed by atoms with Crippen LogP contribution in [0.5, 0.6) is 11.5 Å². The summed E-state index contributed by atoms with van der Waals surface area (Å²) in [6, 6.07) is 5.86. The summed E-state index contributed by atoms with van der Waals surface area (Å²) in [6.45, 7) is 3.65. The maximum absolute atomic E-state index is 5.86. The number of methoxy groups -OCH3 is 1. The van der Waals surface area contributed by atoms with E-state index in [1.165, 1.54) is 11.3 Å². The summed E-state index contributed by atoms with van der Waals surface area (Å²) in [7, 11) is 1.64. The maximum atomic E-state index is 5.86. The van der Waals surface area contributed by atoms with Crippen molar-refractivity contribution < 1.29 is 18.9 Å². The third kappa shape index (κ3) is 3.90. The van der Waals surface area contributed by atoms with E-state index in [-0.39, 0.29) is 6.29 Å². The van der Waals surface area contributed by atoms with E-state index in [1.807, 2.05) is 37.3 Å². The number of hydrogen-bond donors (Lipinski definition) is 0. The van der Waals surface area contributed by atoms with Crippen LogP contribution >= 0.6 is 11.3 Å². The van der Waals surface area contributed by atoms with Gasteiger partial charge in [-0.25, -0.2) is 4.98 Å². The standard InChI is InChI=1S/C17H19NO4S/c1-3-4-12-5-6-14(15(9-12)19-2)22-11-13-10-18-16(23-13)17-20-7-8-21-17/h3-6,9-10,17H,7-8,11H2,1-2H3. The maximum Gasteiger partial charge on any atom is 0.211 e. The topological polar surface area (TPSA) is 49.8 Å². The molecule has 0 spiro atoms. The van der Waals surface area contributed by atoms with Crippen LogP contribution in [-0.4, -0.2) is 25.3 Å². The molecule has 2 aromatic rings. The van der Waals surface area contributed by atoms with Gasteiger partial charge in [-0.05, 0) is 24.6 Å². The Balaban J connectivity index is 1.65. The Kier molecular flexibility index (Phi) is 5.27. The molecule has 0 amide bonds. The molecule has 1 saturated heterocycles. The lowest BCUT2D eigenvalue weighted by atomic mass is 10.2. The van der Waals surface area contributed by atoms with Gasteiger partial charge in [0.2, 0.25) is 6.29 Å². The van der Waals surface area contributed by atoms with E-state index >= 15 is 0 Å². The van der Waals surface area contributed by atoms with Crippen molar-refractivity contribution in [2.75, 3.05) is 20.3 Å². The van der Waals surface area contributed by atoms with E-state index in [0.717, 1.165) is 15.4 Å². The van der Waals surface area contributed by atoms with Crippen LogP contribution in [0.25, 0.3) is 6.08 Å². The lowest BCUT2D eigenvalue weighted by Gasteiger charge is -2.10. The first-order valence-electron chi connectivity index (χ1n) is 7.41. The second-order valence-electron chi connectivity index (χ2n) is 4.94. The predicted molar refractivity (Wildman–Crippen MR) is 88.8 cm³/mol. The first kappa shape index (κ1) is 16.0. The fraction of sp³-hybridized carbons (Fsp3) is 0.353. The van der Waals surface area contributed by atoms with Crippen LogP contribution in [0.3, 0.4) is 0 Å². The van der Waals surface area contributed by atoms with Gasteiger partial charge < -0.3 is 18.9 Å². The molecule has 23 heavy (non-hydrogen) atoms. The molecular formula is C17H19NO4S. The zero-order chi connectivity index (χ0) is 16.1. The van der Waals surface area contributed by atoms with Crippen molar-refractivity contribution in [2.24, 2.45) is 0 Å². The molecule has 0 radical (unpaired) electrons. The highest BCUT2D eigenvalue weighted by atomic mass is 32.1. The number of aromatic nitrogens is 1. The average Bonchev–Trinajstić information content (AvgIpc) is 3.25. The molecule has 0 atom stereocenters. The summed E-state index contributed by atoms with van der Waals surface area (Å²) in [5.74, 6) is 1.43. The van der Waals surface area contributed by atoms with Gasteiger partial charge in [0.25, 0.3) is 0 Å². The molecule has 6 heteroatoms. The van der Waals surface area contributed by atoms with E-state index in [1.54, 1.807) is 13.3 Å². The lowest BCUT2D eigenvalue weighted by molar-refractivity contribution is -0.0442. The van der Waals surface area contributed by atoms with Crippen molar-refractivity contribution >= 4 is 17.4 Å². The van der Waals surface area contributed by atoms with Crippen LogP contribution in [0.15, 0.2) is 30.5 Å². The van der Waals surface area contributed by atoms with Gasteiger partial charge in [-0.15, -0.1) is 11.3 Å². The highest BCUT2D eigenvalue weighted by molar-refractivity contribution is 7.11. The second kappa shape index (κ2) is 7.59. The predicted octanol–water partition coefficient (Wildman–Crippen LogP) is 3.81. The van der Waals surface area contributed by atoms with Crippen LogP contribution in [0.2, 0.25) is 0 Å². The van der Waals surface area contributed by atoms with Crippen molar-refractivity contribution in [3.05, 3.63) is 45.9 Å². The average molecular weight is 333 g/mol. The van der Waals surface area contributed by atoms with E-state index < -0.39 is 0 Å². The molecular weight excluding hydrogens is 314 g/mol. The molecule has 3 rings (SSSR count). The van der Waals surface area contributed by atoms with E-state index in [2.05, 4.69) is 4.98 Å². The normalized spacial score (nSPS) is 15.4. The van der Waals surface area contributed by atoms with Gasteiger partial charge >= 0.3 is 0 Å². The number of nitrogens with zero attached hydrogens (tertiary/aromatic N) is 1. The first-order valence-corrected chi connectivity index (χ1v) is 8.23. The van der Waals surface area contributed by atoms with Crippen molar-refractivity contribution in [3.8, 4) is 11.5 Å². The van der Waals surface area contributed by atoms with Crippen LogP contribution in [0, 0.1) is 0 Å². The Morgan fingerprint density at radius 3 is 2.87 bits per heavy atom. The van der Waals surface area contributed by atoms with E-state index in [4.69, 9.17) is 18.9 Å². The molecule has 5 nitrogen and oxygen atoms in total. The minimum absolute atomic E-state index is 0.330. The van der Waals surface area contributed by atoms with Gasteiger partial charge in [-0.2, -0.15) is 0 Å². The smallest absolute Gasteiger partial charge is 0.211 e. The molecule has 1 aromatic carbocycles. The van der Waals surface area contributed by atoms with E-state index in [9.17, 15) is 0 Å². The number of ether oxygens (including phenoxy) is 4. The van der Waals surface area contributed by atoms with Crippen LogP contribution in [0.1, 0.15) is 28.7 Å². The fourth-order valence-electron chi connectivity index (χ4n) is 2.25. The SMILES string of the molecule is CC=Cc1ccc(OCc2cnc(C3OCCO3)s2)c(OC)c1. The molecule has 0 aliphatic carbocycles. The van der Waals surface area contributed by atoms with Gasteiger partial charge in [-0.3, -0.25) is 0 Å². The number of hydrogen-bond acceptors (Lipinski definition) is 6. The molecule has 0 unspecified atom stereocenters. The summed E-state index contributed by atoms with van der Waals surface area (Å²) in [6.07, 6.45) is 5.47. The third-order valence-electron chi connectivity index (χ3n) is 3.31. The lowest BCUT2D eigenvalue weighted by Crippen LogP contribution is -1.96. The Morgan fingerprint density at radius 1 is 1.30 bits per heavy atom. The monoisotopic (exact) mass is 333 g/mol. The number of thiazole rings is 1. The Hall–Kier alpha value is -1.89. The van der Waals surface area contributed by atoms with Crippen molar-refractivity contribution in [1.82, 2.24) is 4.98 Å². The third-order valence-corrected chi connectivity index (χ3v) is 4.30. The minimum atomic E-state index is -0.330. The van der Waals surface area contributed by atoms with Gasteiger partial charge in [0.15, 0.2) is 11.5 Å². The minimum Gasteiger partial charge on any atom is -0.493 e. The summed E-state index contributed by atoms with van der Waals surface area (Å²) >= 11 is 1.54. The van der Waals surface area contributed by atoms with Crippen LogP contribution in [-0.2, 0) is 16.1 Å². The summed E-state index contributed by atoms with van der Waals surface area (Å²) in [5.41, 5.74) is 1.08. The molecule has 1 aromatic heterocycles. The Morgan fingerprint density at radius 2 is 2.13 bits per heavy atom. The number of allylic oxidation sites excluding steroid dienone is 1. The zero-order valence-electron chi connectivity index (χ0n) is 13.2. The highest BCUT2D eigenvalue weighted by Gasteiger charge is 2.21. The summed E-state index contributed by atoms with van der Waals surface area (Å²) < 4.78 is 22.2. The molecule has 0 saturated carbocycles. The molecule has 1 aliphatic rings. The molecule has 0 N–H and O–H groups in total. The van der Waals surface area contributed by atoms with Crippen LogP contribution < -0.4 is 9.47 Å². The molecule has 122 valence electrons. The Bertz CT molecular complexity index is 677. The second-order valence-corrected chi connectivity index (χ2v) is 6.08. The molecule has 1 aliphatic heterocycles. The highest BCUT2D eigenvalue weighted by Crippen LogP contribution is 2.31. The van der Waals surface area contributed by atoms with E-state index in [0.29, 0.717) is 31.3 Å². The first-order chi connectivity index (χ1) is 11.3. The summed E-state index contributed by atoms with van der Waals surface area (Å²) in [4.78, 5) is 5.35. The Labute approximate surface area is 139 Å². The van der Waals surface area contributed by atoms with Crippen LogP contribution in [0.4, 0.5) is 0 Å². The van der Waals surface area contributed by atoms with Gasteiger partial charge in [0.1, 0.15) is 11.6 Å². The van der Waals surface area contributed by atoms with Crippen molar-refractivity contribution in [1.29, 1.82) is 0 Å². The van der Waals surface area contributed by atoms with Gasteiger partial charge in [0.05, 0.1) is 25.2 Å². The quantitative estimate of drug-likeness (QED) is 0.804.